The summed E-state index contributed by atoms with van der Waals surface area (Å²) >= 11 is 0. The third kappa shape index (κ3) is 3.04. The first kappa shape index (κ1) is 12.9. The lowest BCUT2D eigenvalue weighted by Gasteiger charge is -2.27. The topological polar surface area (TPSA) is 12.0 Å². The molecule has 0 aromatic heterocycles. The first-order chi connectivity index (χ1) is 8.47. The van der Waals surface area contributed by atoms with Crippen LogP contribution in [0.1, 0.15) is 27.7 Å². The maximum atomic E-state index is 3.54. The van der Waals surface area contributed by atoms with Gasteiger partial charge in [-0.3, -0.25) is 0 Å². The van der Waals surface area contributed by atoms with Gasteiger partial charge in [-0.15, -0.1) is 0 Å². The van der Waals surface area contributed by atoms with Crippen LogP contribution < -0.4 is 5.32 Å². The van der Waals surface area contributed by atoms with E-state index in [2.05, 4.69) is 75.5 Å². The normalized spacial score (nSPS) is 13.6. The Kier molecular flexibility index (Phi) is 3.60. The Hall–Kier alpha value is -1.50. The van der Waals surface area contributed by atoms with Crippen molar-refractivity contribution >= 4 is 16.5 Å². The van der Waals surface area contributed by atoms with Gasteiger partial charge in [-0.05, 0) is 34.2 Å². The molecular weight excluding hydrogens is 218 g/mol. The molecule has 96 valence electrons. The van der Waals surface area contributed by atoms with Crippen LogP contribution in [0.3, 0.4) is 0 Å². The standard InChI is InChI=1S/C17H23N/c1-13(17(2,3)4)12-18-16-10-9-14-7-5-6-8-15(14)11-16/h5-11,13,18H,12H2,1-4H3. The van der Waals surface area contributed by atoms with Crippen LogP contribution in [0.2, 0.25) is 0 Å². The second-order valence-electron chi connectivity index (χ2n) is 6.21. The van der Waals surface area contributed by atoms with Crippen molar-refractivity contribution < 1.29 is 0 Å². The van der Waals surface area contributed by atoms with Crippen molar-refractivity contribution in [3.8, 4) is 0 Å². The first-order valence-corrected chi connectivity index (χ1v) is 6.69. The largest absolute Gasteiger partial charge is 0.385 e. The lowest BCUT2D eigenvalue weighted by Crippen LogP contribution is -2.24. The van der Waals surface area contributed by atoms with Crippen LogP contribution in [0, 0.1) is 11.3 Å². The minimum Gasteiger partial charge on any atom is -0.385 e. The number of hydrogen-bond acceptors (Lipinski definition) is 1. The zero-order valence-electron chi connectivity index (χ0n) is 11.8. The van der Waals surface area contributed by atoms with Gasteiger partial charge in [0.1, 0.15) is 0 Å². The second-order valence-corrected chi connectivity index (χ2v) is 6.21. The van der Waals surface area contributed by atoms with Gasteiger partial charge in [-0.25, -0.2) is 0 Å². The van der Waals surface area contributed by atoms with Crippen LogP contribution in [0.4, 0.5) is 5.69 Å². The molecule has 0 aliphatic rings. The Morgan fingerprint density at radius 1 is 1.00 bits per heavy atom. The van der Waals surface area contributed by atoms with Crippen LogP contribution in [0.5, 0.6) is 0 Å². The molecule has 0 aliphatic heterocycles. The molecule has 2 aromatic carbocycles. The van der Waals surface area contributed by atoms with E-state index in [4.69, 9.17) is 0 Å². The van der Waals surface area contributed by atoms with Gasteiger partial charge in [0, 0.05) is 12.2 Å². The van der Waals surface area contributed by atoms with Gasteiger partial charge in [0.15, 0.2) is 0 Å². The van der Waals surface area contributed by atoms with Crippen LogP contribution in [-0.4, -0.2) is 6.54 Å². The molecule has 1 atom stereocenters. The number of nitrogens with one attached hydrogen (secondary N) is 1. The zero-order valence-corrected chi connectivity index (χ0v) is 11.8. The fourth-order valence-electron chi connectivity index (χ4n) is 1.88. The molecule has 0 heterocycles. The fraction of sp³-hybridized carbons (Fsp3) is 0.412. The average molecular weight is 241 g/mol. The minimum absolute atomic E-state index is 0.351. The number of rotatable bonds is 3. The van der Waals surface area contributed by atoms with E-state index in [1.54, 1.807) is 0 Å². The summed E-state index contributed by atoms with van der Waals surface area (Å²) in [6.07, 6.45) is 0. The Bertz CT molecular complexity index is 522. The van der Waals surface area contributed by atoms with E-state index < -0.39 is 0 Å². The molecule has 0 saturated heterocycles. The average Bonchev–Trinajstić information content (AvgIpc) is 2.34. The van der Waals surface area contributed by atoms with E-state index in [1.165, 1.54) is 16.5 Å². The molecule has 0 aliphatic carbocycles. The number of fused-ring (bicyclic) bond motifs is 1. The summed E-state index contributed by atoms with van der Waals surface area (Å²) in [5.74, 6) is 0.643. The third-order valence-electron chi connectivity index (χ3n) is 3.84. The van der Waals surface area contributed by atoms with Crippen molar-refractivity contribution in [1.82, 2.24) is 0 Å². The summed E-state index contributed by atoms with van der Waals surface area (Å²) in [6, 6.07) is 15.0. The van der Waals surface area contributed by atoms with Crippen molar-refractivity contribution in [3.63, 3.8) is 0 Å². The zero-order chi connectivity index (χ0) is 13.2. The van der Waals surface area contributed by atoms with Crippen LogP contribution >= 0.6 is 0 Å². The van der Waals surface area contributed by atoms with Gasteiger partial charge in [0.2, 0.25) is 0 Å². The van der Waals surface area contributed by atoms with Gasteiger partial charge in [-0.2, -0.15) is 0 Å². The minimum atomic E-state index is 0.351. The maximum Gasteiger partial charge on any atom is 0.0346 e. The van der Waals surface area contributed by atoms with Gasteiger partial charge in [0.05, 0.1) is 0 Å². The lowest BCUT2D eigenvalue weighted by atomic mass is 9.82. The molecule has 1 heteroatoms. The number of hydrogen-bond donors (Lipinski definition) is 1. The molecule has 0 bridgehead atoms. The Labute approximate surface area is 110 Å². The summed E-state index contributed by atoms with van der Waals surface area (Å²) in [4.78, 5) is 0. The molecule has 18 heavy (non-hydrogen) atoms. The highest BCUT2D eigenvalue weighted by molar-refractivity contribution is 5.85. The quantitative estimate of drug-likeness (QED) is 0.803. The Morgan fingerprint density at radius 3 is 2.33 bits per heavy atom. The molecule has 2 rings (SSSR count). The van der Waals surface area contributed by atoms with Gasteiger partial charge in [0.25, 0.3) is 0 Å². The smallest absolute Gasteiger partial charge is 0.0346 e. The molecule has 2 aromatic rings. The SMILES string of the molecule is CC(CNc1ccc2ccccc2c1)C(C)(C)C. The van der Waals surface area contributed by atoms with E-state index in [0.717, 1.165) is 6.54 Å². The highest BCUT2D eigenvalue weighted by Gasteiger charge is 2.19. The summed E-state index contributed by atoms with van der Waals surface area (Å²) in [6.45, 7) is 10.2. The van der Waals surface area contributed by atoms with Crippen LogP contribution in [0.25, 0.3) is 10.8 Å². The van der Waals surface area contributed by atoms with E-state index in [-0.39, 0.29) is 0 Å². The van der Waals surface area contributed by atoms with E-state index in [1.807, 2.05) is 0 Å². The summed E-state index contributed by atoms with van der Waals surface area (Å²) < 4.78 is 0. The van der Waals surface area contributed by atoms with Crippen molar-refractivity contribution in [2.75, 3.05) is 11.9 Å². The molecule has 0 radical (unpaired) electrons. The Morgan fingerprint density at radius 2 is 1.67 bits per heavy atom. The summed E-state index contributed by atoms with van der Waals surface area (Å²) in [7, 11) is 0. The summed E-state index contributed by atoms with van der Waals surface area (Å²) in [5, 5.41) is 6.14. The molecule has 1 N–H and O–H groups in total. The number of anilines is 1. The van der Waals surface area contributed by atoms with E-state index in [0.29, 0.717) is 11.3 Å². The van der Waals surface area contributed by atoms with E-state index in [9.17, 15) is 0 Å². The van der Waals surface area contributed by atoms with Crippen molar-refractivity contribution in [2.24, 2.45) is 11.3 Å². The van der Waals surface area contributed by atoms with Crippen LogP contribution in [0.15, 0.2) is 42.5 Å². The van der Waals surface area contributed by atoms with Gasteiger partial charge < -0.3 is 5.32 Å². The second kappa shape index (κ2) is 5.01. The van der Waals surface area contributed by atoms with E-state index >= 15 is 0 Å². The molecule has 0 saturated carbocycles. The summed E-state index contributed by atoms with van der Waals surface area (Å²) in [5.41, 5.74) is 1.56. The van der Waals surface area contributed by atoms with Gasteiger partial charge in [-0.1, -0.05) is 58.0 Å². The predicted molar refractivity (Wildman–Crippen MR) is 81.1 cm³/mol. The molecule has 0 fully saturated rings. The number of benzene rings is 2. The first-order valence-electron chi connectivity index (χ1n) is 6.69. The molecular formula is C17H23N. The fourth-order valence-corrected chi connectivity index (χ4v) is 1.88. The molecule has 1 unspecified atom stereocenters. The molecule has 1 nitrogen and oxygen atoms in total. The van der Waals surface area contributed by atoms with Crippen molar-refractivity contribution in [1.29, 1.82) is 0 Å². The predicted octanol–water partition coefficient (Wildman–Crippen LogP) is 4.93. The molecule has 0 spiro atoms. The molecule has 0 amide bonds. The highest BCUT2D eigenvalue weighted by atomic mass is 14.9. The van der Waals surface area contributed by atoms with Crippen molar-refractivity contribution in [2.45, 2.75) is 27.7 Å². The lowest BCUT2D eigenvalue weighted by molar-refractivity contribution is 0.274. The Balaban J connectivity index is 2.08. The highest BCUT2D eigenvalue weighted by Crippen LogP contribution is 2.26. The monoisotopic (exact) mass is 241 g/mol. The maximum absolute atomic E-state index is 3.54. The van der Waals surface area contributed by atoms with Gasteiger partial charge >= 0.3 is 0 Å². The third-order valence-corrected chi connectivity index (χ3v) is 3.84. The van der Waals surface area contributed by atoms with Crippen LogP contribution in [-0.2, 0) is 0 Å². The van der Waals surface area contributed by atoms with Crippen molar-refractivity contribution in [3.05, 3.63) is 42.5 Å².